The Kier molecular flexibility index (Phi) is 7.71. The average molecular weight is 432 g/mol. The average Bonchev–Trinajstić information content (AvgIpc) is 2.68. The molecule has 30 heavy (non-hydrogen) atoms. The standard InChI is InChI=1S/C21H24N2O6S/c1-14-5-4-6-15(2)21(14)23-19(25)13-29-20(26)11-12-30(27,28)18-9-7-17(8-10-18)22-16(3)24/h4-10H,11-13H2,1-3H3,(H,22,24)(H,23,25). The number of aryl methyl sites for hydroxylation is 2. The lowest BCUT2D eigenvalue weighted by Gasteiger charge is -2.11. The zero-order valence-corrected chi connectivity index (χ0v) is 17.8. The van der Waals surface area contributed by atoms with Gasteiger partial charge in [-0.25, -0.2) is 8.42 Å². The molecular weight excluding hydrogens is 408 g/mol. The van der Waals surface area contributed by atoms with E-state index in [0.717, 1.165) is 11.1 Å². The van der Waals surface area contributed by atoms with Crippen LogP contribution in [0.15, 0.2) is 47.4 Å². The van der Waals surface area contributed by atoms with Gasteiger partial charge in [0.25, 0.3) is 5.91 Å². The fourth-order valence-electron chi connectivity index (χ4n) is 2.69. The third-order valence-corrected chi connectivity index (χ3v) is 5.95. The topological polar surface area (TPSA) is 119 Å². The highest BCUT2D eigenvalue weighted by molar-refractivity contribution is 7.91. The molecule has 160 valence electrons. The van der Waals surface area contributed by atoms with E-state index in [4.69, 9.17) is 4.74 Å². The maximum absolute atomic E-state index is 12.3. The van der Waals surface area contributed by atoms with Gasteiger partial charge < -0.3 is 15.4 Å². The van der Waals surface area contributed by atoms with E-state index in [2.05, 4.69) is 10.6 Å². The van der Waals surface area contributed by atoms with Crippen LogP contribution >= 0.6 is 0 Å². The zero-order valence-electron chi connectivity index (χ0n) is 17.0. The van der Waals surface area contributed by atoms with Crippen LogP contribution in [0.3, 0.4) is 0 Å². The van der Waals surface area contributed by atoms with Crippen molar-refractivity contribution in [3.05, 3.63) is 53.6 Å². The smallest absolute Gasteiger partial charge is 0.307 e. The number of anilines is 2. The predicted molar refractivity (Wildman–Crippen MR) is 113 cm³/mol. The Morgan fingerprint density at radius 2 is 1.53 bits per heavy atom. The third kappa shape index (κ3) is 6.70. The minimum atomic E-state index is -3.71. The molecule has 2 rings (SSSR count). The molecule has 9 heteroatoms. The number of hydrogen-bond donors (Lipinski definition) is 2. The SMILES string of the molecule is CC(=O)Nc1ccc(S(=O)(=O)CCC(=O)OCC(=O)Nc2c(C)cccc2C)cc1. The lowest BCUT2D eigenvalue weighted by molar-refractivity contribution is -0.146. The molecule has 0 aromatic heterocycles. The van der Waals surface area contributed by atoms with Gasteiger partial charge >= 0.3 is 5.97 Å². The molecule has 0 saturated heterocycles. The summed E-state index contributed by atoms with van der Waals surface area (Å²) in [6.45, 7) is 4.54. The number of amides is 2. The van der Waals surface area contributed by atoms with Gasteiger partial charge in [-0.1, -0.05) is 18.2 Å². The summed E-state index contributed by atoms with van der Waals surface area (Å²) >= 11 is 0. The number of carbonyl (C=O) groups excluding carboxylic acids is 3. The summed E-state index contributed by atoms with van der Waals surface area (Å²) < 4.78 is 29.6. The van der Waals surface area contributed by atoms with E-state index in [1.54, 1.807) is 0 Å². The van der Waals surface area contributed by atoms with Gasteiger partial charge in [0.05, 0.1) is 17.1 Å². The van der Waals surface area contributed by atoms with Crippen LogP contribution in [-0.2, 0) is 29.0 Å². The highest BCUT2D eigenvalue weighted by Gasteiger charge is 2.18. The summed E-state index contributed by atoms with van der Waals surface area (Å²) in [7, 11) is -3.71. The first-order valence-corrected chi connectivity index (χ1v) is 10.9. The van der Waals surface area contributed by atoms with Crippen molar-refractivity contribution in [3.63, 3.8) is 0 Å². The van der Waals surface area contributed by atoms with Crippen LogP contribution < -0.4 is 10.6 Å². The number of ether oxygens (including phenoxy) is 1. The molecule has 0 bridgehead atoms. The molecular formula is C21H24N2O6S. The molecule has 0 aliphatic carbocycles. The van der Waals surface area contributed by atoms with E-state index in [1.165, 1.54) is 31.2 Å². The second-order valence-electron chi connectivity index (χ2n) is 6.75. The Bertz CT molecular complexity index is 1030. The van der Waals surface area contributed by atoms with Crippen molar-refractivity contribution in [3.8, 4) is 0 Å². The number of rotatable bonds is 8. The molecule has 0 saturated carbocycles. The van der Waals surface area contributed by atoms with Crippen LogP contribution in [0.2, 0.25) is 0 Å². The zero-order chi connectivity index (χ0) is 22.3. The number of para-hydroxylation sites is 1. The van der Waals surface area contributed by atoms with E-state index in [1.807, 2.05) is 32.0 Å². The van der Waals surface area contributed by atoms with Gasteiger partial charge in [-0.05, 0) is 49.2 Å². The first-order valence-electron chi connectivity index (χ1n) is 9.20. The molecule has 0 heterocycles. The van der Waals surface area contributed by atoms with Crippen LogP contribution in [0.5, 0.6) is 0 Å². The molecule has 8 nitrogen and oxygen atoms in total. The van der Waals surface area contributed by atoms with Crippen LogP contribution in [0.1, 0.15) is 24.5 Å². The Hall–Kier alpha value is -3.20. The number of esters is 1. The Labute approximate surface area is 175 Å². The first kappa shape index (κ1) is 23.1. The van der Waals surface area contributed by atoms with Crippen LogP contribution in [-0.4, -0.2) is 38.6 Å². The minimum absolute atomic E-state index is 0.0252. The van der Waals surface area contributed by atoms with Gasteiger partial charge in [0.1, 0.15) is 0 Å². The number of hydrogen-bond acceptors (Lipinski definition) is 6. The number of nitrogens with one attached hydrogen (secondary N) is 2. The van der Waals surface area contributed by atoms with Crippen molar-refractivity contribution in [1.29, 1.82) is 0 Å². The van der Waals surface area contributed by atoms with Gasteiger partial charge in [-0.3, -0.25) is 14.4 Å². The Morgan fingerprint density at radius 1 is 0.933 bits per heavy atom. The van der Waals surface area contributed by atoms with Crippen LogP contribution in [0, 0.1) is 13.8 Å². The van der Waals surface area contributed by atoms with E-state index >= 15 is 0 Å². The van der Waals surface area contributed by atoms with Gasteiger partial charge in [-0.15, -0.1) is 0 Å². The molecule has 2 N–H and O–H groups in total. The predicted octanol–water partition coefficient (Wildman–Crippen LogP) is 2.61. The Morgan fingerprint density at radius 3 is 2.10 bits per heavy atom. The van der Waals surface area contributed by atoms with Crippen molar-refractivity contribution < 1.29 is 27.5 Å². The first-order chi connectivity index (χ1) is 14.1. The number of carbonyl (C=O) groups is 3. The fraction of sp³-hybridized carbons (Fsp3) is 0.286. The maximum Gasteiger partial charge on any atom is 0.307 e. The lowest BCUT2D eigenvalue weighted by Crippen LogP contribution is -2.22. The van der Waals surface area contributed by atoms with Crippen molar-refractivity contribution >= 4 is 39.0 Å². The number of benzene rings is 2. The van der Waals surface area contributed by atoms with Crippen molar-refractivity contribution in [1.82, 2.24) is 0 Å². The fourth-order valence-corrected chi connectivity index (χ4v) is 3.91. The lowest BCUT2D eigenvalue weighted by atomic mass is 10.1. The minimum Gasteiger partial charge on any atom is -0.456 e. The highest BCUT2D eigenvalue weighted by Crippen LogP contribution is 2.19. The number of sulfone groups is 1. The molecule has 0 unspecified atom stereocenters. The molecule has 0 radical (unpaired) electrons. The summed E-state index contributed by atoms with van der Waals surface area (Å²) in [6, 6.07) is 11.2. The van der Waals surface area contributed by atoms with Gasteiger partial charge in [-0.2, -0.15) is 0 Å². The summed E-state index contributed by atoms with van der Waals surface area (Å²) in [6.07, 6.45) is -0.382. The second-order valence-corrected chi connectivity index (χ2v) is 8.86. The Balaban J connectivity index is 1.84. The normalized spacial score (nSPS) is 10.9. The van der Waals surface area contributed by atoms with Crippen molar-refractivity contribution in [2.75, 3.05) is 23.0 Å². The molecule has 0 fully saturated rings. The third-order valence-electron chi connectivity index (χ3n) is 4.22. The van der Waals surface area contributed by atoms with E-state index < -0.39 is 34.1 Å². The monoisotopic (exact) mass is 432 g/mol. The molecule has 2 aromatic carbocycles. The van der Waals surface area contributed by atoms with Crippen LogP contribution in [0.4, 0.5) is 11.4 Å². The van der Waals surface area contributed by atoms with Gasteiger partial charge in [0, 0.05) is 18.3 Å². The molecule has 2 aromatic rings. The molecule has 0 aliphatic heterocycles. The molecule has 2 amide bonds. The maximum atomic E-state index is 12.3. The van der Waals surface area contributed by atoms with Crippen molar-refractivity contribution in [2.45, 2.75) is 32.1 Å². The van der Waals surface area contributed by atoms with Gasteiger partial charge in [0.15, 0.2) is 16.4 Å². The summed E-state index contributed by atoms with van der Waals surface area (Å²) in [5.41, 5.74) is 2.88. The van der Waals surface area contributed by atoms with E-state index in [0.29, 0.717) is 11.4 Å². The molecule has 0 atom stereocenters. The summed E-state index contributed by atoms with van der Waals surface area (Å²) in [5, 5.41) is 5.23. The molecule has 0 aliphatic rings. The van der Waals surface area contributed by atoms with E-state index in [-0.39, 0.29) is 17.2 Å². The second kappa shape index (κ2) is 10.0. The van der Waals surface area contributed by atoms with Crippen molar-refractivity contribution in [2.24, 2.45) is 0 Å². The quantitative estimate of drug-likeness (QED) is 0.619. The van der Waals surface area contributed by atoms with Crippen LogP contribution in [0.25, 0.3) is 0 Å². The highest BCUT2D eigenvalue weighted by atomic mass is 32.2. The van der Waals surface area contributed by atoms with E-state index in [9.17, 15) is 22.8 Å². The largest absolute Gasteiger partial charge is 0.456 e. The summed E-state index contributed by atoms with van der Waals surface area (Å²) in [5.74, 6) is -2.01. The molecule has 0 spiro atoms. The summed E-state index contributed by atoms with van der Waals surface area (Å²) in [4.78, 5) is 34.9. The van der Waals surface area contributed by atoms with Gasteiger partial charge in [0.2, 0.25) is 5.91 Å².